The molecule has 0 unspecified atom stereocenters. The SMILES string of the molecule is CCCCc1ccc(NC(=O)c2ccc(CNC3=C(Cl)C(=O)N(C4CCCCC4)C3=O)cc2)cc1. The van der Waals surface area contributed by atoms with Gasteiger partial charge in [0.2, 0.25) is 0 Å². The van der Waals surface area contributed by atoms with Gasteiger partial charge in [-0.2, -0.15) is 0 Å². The van der Waals surface area contributed by atoms with E-state index >= 15 is 0 Å². The standard InChI is InChI=1S/C28H32ClN3O3/c1-2-3-7-19-12-16-22(17-13-19)31-26(33)21-14-10-20(11-15-21)18-30-25-24(29)27(34)32(28(25)35)23-8-5-4-6-9-23/h10-17,23,30H,2-9,18H2,1H3,(H,31,33). The first-order valence-corrected chi connectivity index (χ1v) is 12.9. The van der Waals surface area contributed by atoms with Crippen LogP contribution in [0.5, 0.6) is 0 Å². The molecule has 6 nitrogen and oxygen atoms in total. The van der Waals surface area contributed by atoms with Crippen LogP contribution in [-0.4, -0.2) is 28.7 Å². The summed E-state index contributed by atoms with van der Waals surface area (Å²) in [6.45, 7) is 2.49. The van der Waals surface area contributed by atoms with Gasteiger partial charge in [-0.1, -0.05) is 68.5 Å². The van der Waals surface area contributed by atoms with Crippen LogP contribution < -0.4 is 10.6 Å². The van der Waals surface area contributed by atoms with Gasteiger partial charge in [0.05, 0.1) is 0 Å². The molecular formula is C28H32ClN3O3. The molecule has 1 aliphatic heterocycles. The van der Waals surface area contributed by atoms with Crippen molar-refractivity contribution in [3.05, 3.63) is 76.0 Å². The zero-order valence-corrected chi connectivity index (χ0v) is 20.9. The number of hydrogen-bond donors (Lipinski definition) is 2. The molecule has 2 aromatic carbocycles. The van der Waals surface area contributed by atoms with Crippen LogP contribution in [0.25, 0.3) is 0 Å². The highest BCUT2D eigenvalue weighted by Gasteiger charge is 2.41. The van der Waals surface area contributed by atoms with Gasteiger partial charge in [-0.25, -0.2) is 0 Å². The largest absolute Gasteiger partial charge is 0.375 e. The number of anilines is 1. The first-order valence-electron chi connectivity index (χ1n) is 12.5. The zero-order valence-electron chi connectivity index (χ0n) is 20.1. The van der Waals surface area contributed by atoms with Gasteiger partial charge < -0.3 is 10.6 Å². The third-order valence-electron chi connectivity index (χ3n) is 6.71. The normalized spacial score (nSPS) is 16.7. The van der Waals surface area contributed by atoms with Crippen molar-refractivity contribution in [2.45, 2.75) is 70.9 Å². The molecular weight excluding hydrogens is 462 g/mol. The number of imide groups is 1. The Morgan fingerprint density at radius 2 is 1.60 bits per heavy atom. The number of nitrogens with one attached hydrogen (secondary N) is 2. The Bertz CT molecular complexity index is 1100. The van der Waals surface area contributed by atoms with Crippen molar-refractivity contribution >= 4 is 35.0 Å². The minimum Gasteiger partial charge on any atom is -0.375 e. The van der Waals surface area contributed by atoms with E-state index in [0.717, 1.165) is 62.6 Å². The second-order valence-corrected chi connectivity index (χ2v) is 9.64. The lowest BCUT2D eigenvalue weighted by Gasteiger charge is -2.29. The lowest BCUT2D eigenvalue weighted by Crippen LogP contribution is -2.43. The Labute approximate surface area is 211 Å². The molecule has 0 spiro atoms. The average molecular weight is 494 g/mol. The van der Waals surface area contributed by atoms with Crippen LogP contribution in [0.2, 0.25) is 0 Å². The predicted octanol–water partition coefficient (Wildman–Crippen LogP) is 5.52. The summed E-state index contributed by atoms with van der Waals surface area (Å²) >= 11 is 6.23. The van der Waals surface area contributed by atoms with E-state index in [0.29, 0.717) is 12.1 Å². The fourth-order valence-corrected chi connectivity index (χ4v) is 4.89. The van der Waals surface area contributed by atoms with E-state index in [9.17, 15) is 14.4 Å². The molecule has 2 N–H and O–H groups in total. The predicted molar refractivity (Wildman–Crippen MR) is 138 cm³/mol. The number of hydrogen-bond acceptors (Lipinski definition) is 4. The van der Waals surface area contributed by atoms with Crippen molar-refractivity contribution in [3.63, 3.8) is 0 Å². The van der Waals surface area contributed by atoms with Gasteiger partial charge in [0, 0.05) is 23.8 Å². The molecule has 2 aliphatic rings. The molecule has 1 saturated carbocycles. The Hall–Kier alpha value is -3.12. The summed E-state index contributed by atoms with van der Waals surface area (Å²) in [6.07, 6.45) is 8.20. The molecule has 1 heterocycles. The van der Waals surface area contributed by atoms with Crippen molar-refractivity contribution in [3.8, 4) is 0 Å². The number of aryl methyl sites for hydroxylation is 1. The topological polar surface area (TPSA) is 78.5 Å². The number of carbonyl (C=O) groups is 3. The first kappa shape index (κ1) is 25.0. The van der Waals surface area contributed by atoms with E-state index in [4.69, 9.17) is 11.6 Å². The Morgan fingerprint density at radius 1 is 0.943 bits per heavy atom. The molecule has 3 amide bonds. The Morgan fingerprint density at radius 3 is 2.26 bits per heavy atom. The van der Waals surface area contributed by atoms with Gasteiger partial charge >= 0.3 is 0 Å². The average Bonchev–Trinajstić information content (AvgIpc) is 3.10. The fraction of sp³-hybridized carbons (Fsp3) is 0.393. The molecule has 0 aromatic heterocycles. The molecule has 184 valence electrons. The van der Waals surface area contributed by atoms with Gasteiger partial charge in [0.25, 0.3) is 17.7 Å². The number of benzene rings is 2. The van der Waals surface area contributed by atoms with Gasteiger partial charge in [-0.3, -0.25) is 19.3 Å². The monoisotopic (exact) mass is 493 g/mol. The van der Waals surface area contributed by atoms with Crippen molar-refractivity contribution in [2.24, 2.45) is 0 Å². The van der Waals surface area contributed by atoms with Crippen LogP contribution in [0.3, 0.4) is 0 Å². The van der Waals surface area contributed by atoms with Gasteiger partial charge in [-0.05, 0) is 61.1 Å². The van der Waals surface area contributed by atoms with E-state index in [1.165, 1.54) is 10.5 Å². The quantitative estimate of drug-likeness (QED) is 0.450. The molecule has 1 fully saturated rings. The zero-order chi connectivity index (χ0) is 24.8. The molecule has 0 radical (unpaired) electrons. The van der Waals surface area contributed by atoms with Crippen LogP contribution in [0.15, 0.2) is 59.3 Å². The number of nitrogens with zero attached hydrogens (tertiary/aromatic N) is 1. The van der Waals surface area contributed by atoms with E-state index in [1.807, 2.05) is 36.4 Å². The summed E-state index contributed by atoms with van der Waals surface area (Å²) in [5, 5.41) is 5.92. The first-order chi connectivity index (χ1) is 17.0. The fourth-order valence-electron chi connectivity index (χ4n) is 4.65. The number of carbonyl (C=O) groups excluding carboxylic acids is 3. The smallest absolute Gasteiger partial charge is 0.278 e. The summed E-state index contributed by atoms with van der Waals surface area (Å²) in [5.74, 6) is -0.934. The van der Waals surface area contributed by atoms with Gasteiger partial charge in [0.15, 0.2) is 0 Å². The second-order valence-electron chi connectivity index (χ2n) is 9.27. The minimum absolute atomic E-state index is 0.0442. The number of amides is 3. The molecule has 7 heteroatoms. The van der Waals surface area contributed by atoms with E-state index in [-0.39, 0.29) is 28.6 Å². The van der Waals surface area contributed by atoms with Crippen LogP contribution in [0.4, 0.5) is 5.69 Å². The highest BCUT2D eigenvalue weighted by molar-refractivity contribution is 6.47. The Balaban J connectivity index is 1.32. The van der Waals surface area contributed by atoms with Crippen LogP contribution in [0.1, 0.15) is 73.4 Å². The van der Waals surface area contributed by atoms with E-state index in [2.05, 4.69) is 17.6 Å². The molecule has 2 aromatic rings. The maximum absolute atomic E-state index is 12.9. The molecule has 4 rings (SSSR count). The van der Waals surface area contributed by atoms with Crippen LogP contribution in [0, 0.1) is 0 Å². The van der Waals surface area contributed by atoms with Crippen LogP contribution in [-0.2, 0) is 22.6 Å². The number of rotatable bonds is 9. The molecule has 1 aliphatic carbocycles. The third-order valence-corrected chi connectivity index (χ3v) is 7.07. The highest BCUT2D eigenvalue weighted by Crippen LogP contribution is 2.30. The van der Waals surface area contributed by atoms with E-state index in [1.54, 1.807) is 12.1 Å². The molecule has 0 bridgehead atoms. The third kappa shape index (κ3) is 5.93. The number of halogens is 1. The van der Waals surface area contributed by atoms with Crippen LogP contribution >= 0.6 is 11.6 Å². The van der Waals surface area contributed by atoms with Gasteiger partial charge in [0.1, 0.15) is 10.7 Å². The molecule has 0 saturated heterocycles. The Kier molecular flexibility index (Phi) is 8.24. The summed E-state index contributed by atoms with van der Waals surface area (Å²) in [7, 11) is 0. The highest BCUT2D eigenvalue weighted by atomic mass is 35.5. The van der Waals surface area contributed by atoms with Crippen molar-refractivity contribution in [1.29, 1.82) is 0 Å². The lowest BCUT2D eigenvalue weighted by atomic mass is 9.94. The minimum atomic E-state index is -0.406. The summed E-state index contributed by atoms with van der Waals surface area (Å²) in [5.41, 5.74) is 3.59. The molecule has 35 heavy (non-hydrogen) atoms. The second kappa shape index (κ2) is 11.5. The molecule has 0 atom stereocenters. The summed E-state index contributed by atoms with van der Waals surface area (Å²) in [4.78, 5) is 39.4. The van der Waals surface area contributed by atoms with Gasteiger partial charge in [-0.15, -0.1) is 0 Å². The lowest BCUT2D eigenvalue weighted by molar-refractivity contribution is -0.140. The maximum atomic E-state index is 12.9. The maximum Gasteiger partial charge on any atom is 0.278 e. The summed E-state index contributed by atoms with van der Waals surface area (Å²) in [6, 6.07) is 15.0. The number of unbranched alkanes of at least 4 members (excludes halogenated alkanes) is 1. The van der Waals surface area contributed by atoms with Crippen molar-refractivity contribution < 1.29 is 14.4 Å². The van der Waals surface area contributed by atoms with Crippen molar-refractivity contribution in [2.75, 3.05) is 5.32 Å². The van der Waals surface area contributed by atoms with E-state index < -0.39 is 5.91 Å². The van der Waals surface area contributed by atoms with Crippen molar-refractivity contribution in [1.82, 2.24) is 10.2 Å². The summed E-state index contributed by atoms with van der Waals surface area (Å²) < 4.78 is 0.